The second-order valence-corrected chi connectivity index (χ2v) is 21.5. The lowest BCUT2D eigenvalue weighted by atomic mass is 10.1. The summed E-state index contributed by atoms with van der Waals surface area (Å²) >= 11 is 0. The molecule has 7 aromatic rings. The predicted octanol–water partition coefficient (Wildman–Crippen LogP) is 16.2. The van der Waals surface area contributed by atoms with Gasteiger partial charge >= 0.3 is 0 Å². The maximum atomic E-state index is 4.10. The zero-order valence-electron chi connectivity index (χ0n) is 56.4. The third kappa shape index (κ3) is 45.0. The Morgan fingerprint density at radius 3 is 0.870 bits per heavy atom. The number of nitrogens with zero attached hydrogens (tertiary/aromatic N) is 18. The molecule has 448 valence electrons. The highest BCUT2D eigenvalue weighted by Gasteiger charge is 2.15. The van der Waals surface area contributed by atoms with Crippen LogP contribution in [0.3, 0.4) is 0 Å². The summed E-state index contributed by atoms with van der Waals surface area (Å²) in [7, 11) is 0. The average Bonchev–Trinajstić information content (AvgIpc) is 4.23. The molecule has 0 radical (unpaired) electrons. The van der Waals surface area contributed by atoms with Gasteiger partial charge in [0.15, 0.2) is 0 Å². The Kier molecular flexibility index (Phi) is 51.2. The average molecular weight is 1080 g/mol. The van der Waals surface area contributed by atoms with Gasteiger partial charge in [0.05, 0.1) is 40.9 Å². The smallest absolute Gasteiger partial charge is 0.138 e. The van der Waals surface area contributed by atoms with E-state index in [-0.39, 0.29) is 38.8 Å². The molecule has 0 aromatic carbocycles. The molecule has 0 bridgehead atoms. The fraction of sp³-hybridized carbons (Fsp3) is 0.712. The third-order valence-electron chi connectivity index (χ3n) is 8.20. The minimum absolute atomic E-state index is 0.00347. The molecule has 0 fully saturated rings. The van der Waals surface area contributed by atoms with Crippen molar-refractivity contribution in [1.29, 1.82) is 0 Å². The normalized spacial score (nSPS) is 10.3. The minimum Gasteiger partial charge on any atom is -0.349 e. The zero-order valence-corrected chi connectivity index (χ0v) is 56.4. The Hall–Kier alpha value is -5.81. The van der Waals surface area contributed by atoms with Gasteiger partial charge in [0.2, 0.25) is 0 Å². The van der Waals surface area contributed by atoms with Gasteiger partial charge in [0.25, 0.3) is 0 Å². The van der Waals surface area contributed by atoms with Crippen molar-refractivity contribution in [3.05, 3.63) is 106 Å². The van der Waals surface area contributed by atoms with E-state index in [0.29, 0.717) is 0 Å². The van der Waals surface area contributed by atoms with Crippen molar-refractivity contribution in [2.75, 3.05) is 0 Å². The van der Waals surface area contributed by atoms with E-state index >= 15 is 0 Å². The van der Waals surface area contributed by atoms with Gasteiger partial charge in [-0.3, -0.25) is 4.68 Å². The summed E-state index contributed by atoms with van der Waals surface area (Å²) in [6.07, 6.45) is 25.2. The molecular formula is C59H122N18. The summed E-state index contributed by atoms with van der Waals surface area (Å²) in [5.74, 6) is 0. The first kappa shape index (κ1) is 85.1. The highest BCUT2D eigenvalue weighted by atomic mass is 15.5. The van der Waals surface area contributed by atoms with Crippen LogP contribution in [0.2, 0.25) is 0 Å². The number of hydrogen-bond acceptors (Lipinski definition) is 11. The summed E-state index contributed by atoms with van der Waals surface area (Å²) in [5.41, 5.74) is 0.747. The second-order valence-electron chi connectivity index (χ2n) is 21.5. The first-order valence-electron chi connectivity index (χ1n) is 28.2. The Balaban J connectivity index is -0.000000143. The van der Waals surface area contributed by atoms with Crippen LogP contribution in [-0.2, 0) is 38.8 Å². The molecule has 77 heavy (non-hydrogen) atoms. The van der Waals surface area contributed by atoms with Gasteiger partial charge in [0.1, 0.15) is 31.6 Å². The van der Waals surface area contributed by atoms with Crippen molar-refractivity contribution in [1.82, 2.24) is 88.6 Å². The van der Waals surface area contributed by atoms with Crippen molar-refractivity contribution < 1.29 is 0 Å². The van der Waals surface area contributed by atoms with Gasteiger partial charge in [-0.25, -0.2) is 19.3 Å². The number of hydrogen-bond donors (Lipinski definition) is 0. The molecule has 0 aliphatic heterocycles. The highest BCUT2D eigenvalue weighted by molar-refractivity contribution is 4.94. The lowest BCUT2D eigenvalue weighted by Crippen LogP contribution is -2.24. The van der Waals surface area contributed by atoms with Crippen LogP contribution in [0.15, 0.2) is 106 Å². The van der Waals surface area contributed by atoms with Gasteiger partial charge in [0, 0.05) is 53.8 Å². The van der Waals surface area contributed by atoms with Crippen LogP contribution in [0, 0.1) is 0 Å². The zero-order chi connectivity index (χ0) is 62.3. The largest absolute Gasteiger partial charge is 0.349 e. The Morgan fingerprint density at radius 2 is 0.688 bits per heavy atom. The standard InChI is InChI=1S/C8H13N.2C7H12N2.3C6H11N3.C5H10N4.7C2H6/c1-8(2,3)9-6-4-5-7-9;1-7(2,3)9-5-4-8-6-9;1-7(2,3)9-6-4-5-8-9;1-6(2,3)9-4-7-8-5-9;1-6(2,3)9-5-7-4-8-9;1-6(2,3)9-7-4-5-8-9;1-5(2,3)9-4-6-7-8-9;7*1-2/h4-7H,1-3H3;2*4-6H,1-3H3;3*4-5H,1-3H3;4H,1-3H3;7*1-2H3. The van der Waals surface area contributed by atoms with Gasteiger partial charge in [-0.15, -0.1) is 15.3 Å². The summed E-state index contributed by atoms with van der Waals surface area (Å²) in [6.45, 7) is 72.3. The van der Waals surface area contributed by atoms with E-state index in [2.05, 4.69) is 202 Å². The summed E-state index contributed by atoms with van der Waals surface area (Å²) in [5, 5.41) is 34.3. The topological polar surface area (TPSA) is 176 Å². The van der Waals surface area contributed by atoms with E-state index in [1.807, 2.05) is 169 Å². The van der Waals surface area contributed by atoms with E-state index in [4.69, 9.17) is 0 Å². The molecule has 18 nitrogen and oxygen atoms in total. The molecule has 0 saturated heterocycles. The van der Waals surface area contributed by atoms with Crippen molar-refractivity contribution in [3.8, 4) is 0 Å². The molecule has 0 aliphatic rings. The van der Waals surface area contributed by atoms with Crippen LogP contribution in [0.25, 0.3) is 0 Å². The molecule has 0 amide bonds. The fourth-order valence-electron chi connectivity index (χ4n) is 4.24. The van der Waals surface area contributed by atoms with E-state index in [1.165, 1.54) is 0 Å². The predicted molar refractivity (Wildman–Crippen MR) is 331 cm³/mol. The van der Waals surface area contributed by atoms with Gasteiger partial charge in [-0.05, 0) is 174 Å². The molecule has 0 atom stereocenters. The maximum Gasteiger partial charge on any atom is 0.138 e. The molecule has 7 heterocycles. The van der Waals surface area contributed by atoms with Crippen molar-refractivity contribution in [2.45, 2.75) is 281 Å². The lowest BCUT2D eigenvalue weighted by Gasteiger charge is -2.20. The van der Waals surface area contributed by atoms with Crippen LogP contribution < -0.4 is 0 Å². The minimum atomic E-state index is 0.00347. The number of aromatic nitrogens is 18. The molecular weight excluding hydrogens is 961 g/mol. The van der Waals surface area contributed by atoms with Gasteiger partial charge in [-0.1, -0.05) is 96.9 Å². The van der Waals surface area contributed by atoms with Crippen molar-refractivity contribution >= 4 is 0 Å². The van der Waals surface area contributed by atoms with Crippen LogP contribution >= 0.6 is 0 Å². The number of imidazole rings is 1. The number of tetrazole rings is 1. The lowest BCUT2D eigenvalue weighted by molar-refractivity contribution is 0.312. The van der Waals surface area contributed by atoms with E-state index in [1.54, 1.807) is 65.9 Å². The summed E-state index contributed by atoms with van der Waals surface area (Å²) in [6, 6.07) is 6.03. The van der Waals surface area contributed by atoms with Gasteiger partial charge in [-0.2, -0.15) is 25.2 Å². The van der Waals surface area contributed by atoms with E-state index in [0.717, 1.165) is 0 Å². The molecule has 0 aliphatic carbocycles. The fourth-order valence-corrected chi connectivity index (χ4v) is 4.24. The SMILES string of the molecule is CC.CC.CC.CC.CC.CC.CC.CC(C)(C)n1cccc1.CC(C)(C)n1cccn1.CC(C)(C)n1ccnc1.CC(C)(C)n1cncn1.CC(C)(C)n1cnnc1.CC(C)(C)n1cnnn1.CC(C)(C)n1nccn1. The molecule has 0 N–H and O–H groups in total. The van der Waals surface area contributed by atoms with E-state index < -0.39 is 0 Å². The first-order chi connectivity index (χ1) is 35.7. The van der Waals surface area contributed by atoms with Crippen molar-refractivity contribution in [2.24, 2.45) is 0 Å². The molecule has 18 heteroatoms. The van der Waals surface area contributed by atoms with Crippen molar-refractivity contribution in [3.63, 3.8) is 0 Å². The Bertz CT molecular complexity index is 1630. The highest BCUT2D eigenvalue weighted by Crippen LogP contribution is 2.14. The monoisotopic (exact) mass is 1080 g/mol. The van der Waals surface area contributed by atoms with Crippen LogP contribution in [0.1, 0.15) is 242 Å². The molecule has 0 unspecified atom stereocenters. The van der Waals surface area contributed by atoms with Crippen LogP contribution in [-0.4, -0.2) is 88.6 Å². The molecule has 7 rings (SSSR count). The maximum absolute atomic E-state index is 4.10. The first-order valence-corrected chi connectivity index (χ1v) is 28.2. The van der Waals surface area contributed by atoms with Gasteiger partial charge < -0.3 is 13.7 Å². The Morgan fingerprint density at radius 1 is 0.273 bits per heavy atom. The summed E-state index contributed by atoms with van der Waals surface area (Å²) < 4.78 is 11.7. The quantitative estimate of drug-likeness (QED) is 0.141. The molecule has 7 aromatic heterocycles. The molecule has 0 saturated carbocycles. The van der Waals surface area contributed by atoms with Crippen LogP contribution in [0.5, 0.6) is 0 Å². The Labute approximate surface area is 473 Å². The molecule has 0 spiro atoms. The summed E-state index contributed by atoms with van der Waals surface area (Å²) in [4.78, 5) is 9.48. The second kappa shape index (κ2) is 46.3. The van der Waals surface area contributed by atoms with E-state index in [9.17, 15) is 0 Å². The van der Waals surface area contributed by atoms with Crippen LogP contribution in [0.4, 0.5) is 0 Å². The third-order valence-corrected chi connectivity index (χ3v) is 8.20. The number of rotatable bonds is 0.